The number of phosphoric ester groups is 3. The Kier molecular flexibility index (Phi) is 34.5. The van der Waals surface area contributed by atoms with Crippen molar-refractivity contribution in [1.82, 2.24) is 0 Å². The molecular formula is C42H84NO19P3. The average molecular weight is 1000 g/mol. The van der Waals surface area contributed by atoms with Gasteiger partial charge in [0.15, 0.2) is 6.10 Å². The predicted octanol–water partition coefficient (Wildman–Crippen LogP) is 7.29. The number of esters is 2. The maximum absolute atomic E-state index is 13.1. The lowest BCUT2D eigenvalue weighted by molar-refractivity contribution is -0.213. The van der Waals surface area contributed by atoms with Gasteiger partial charge in [0.25, 0.3) is 0 Å². The van der Waals surface area contributed by atoms with Gasteiger partial charge in [0, 0.05) is 12.8 Å². The Morgan fingerprint density at radius 3 is 1.15 bits per heavy atom. The van der Waals surface area contributed by atoms with Crippen LogP contribution in [0.3, 0.4) is 0 Å². The third kappa shape index (κ3) is 32.5. The highest BCUT2D eigenvalue weighted by molar-refractivity contribution is 7.47. The number of aliphatic hydroxyl groups excluding tert-OH is 3. The van der Waals surface area contributed by atoms with Crippen LogP contribution < -0.4 is 5.73 Å². The predicted molar refractivity (Wildman–Crippen MR) is 242 cm³/mol. The van der Waals surface area contributed by atoms with Gasteiger partial charge in [-0.3, -0.25) is 27.7 Å². The van der Waals surface area contributed by atoms with Gasteiger partial charge < -0.3 is 55.0 Å². The molecule has 1 aliphatic rings. The molecular weight excluding hydrogens is 915 g/mol. The number of unbranched alkanes of at least 4 members (excludes halogenated alkanes) is 25. The summed E-state index contributed by atoms with van der Waals surface area (Å²) in [4.78, 5) is 73.2. The van der Waals surface area contributed by atoms with Crippen LogP contribution in [0.2, 0.25) is 0 Å². The molecule has 4 unspecified atom stereocenters. The van der Waals surface area contributed by atoms with Crippen molar-refractivity contribution in [1.29, 1.82) is 0 Å². The number of aliphatic hydroxyl groups is 3. The zero-order valence-electron chi connectivity index (χ0n) is 38.7. The third-order valence-corrected chi connectivity index (χ3v) is 13.3. The van der Waals surface area contributed by atoms with E-state index in [4.69, 9.17) is 24.3 Å². The molecule has 0 bridgehead atoms. The molecule has 386 valence electrons. The van der Waals surface area contributed by atoms with Gasteiger partial charge in [-0.05, 0) is 25.8 Å². The van der Waals surface area contributed by atoms with E-state index in [1.807, 2.05) is 0 Å². The molecule has 0 aromatic heterocycles. The van der Waals surface area contributed by atoms with E-state index in [9.17, 15) is 63.1 Å². The Morgan fingerprint density at radius 1 is 0.477 bits per heavy atom. The van der Waals surface area contributed by atoms with Crippen molar-refractivity contribution in [3.8, 4) is 0 Å². The van der Waals surface area contributed by atoms with Gasteiger partial charge in [-0.1, -0.05) is 161 Å². The van der Waals surface area contributed by atoms with Crippen molar-refractivity contribution in [2.45, 2.75) is 236 Å². The van der Waals surface area contributed by atoms with E-state index in [1.165, 1.54) is 96.3 Å². The summed E-state index contributed by atoms with van der Waals surface area (Å²) in [5.74, 6) is -1.31. The average Bonchev–Trinajstić information content (AvgIpc) is 3.23. The molecule has 8 atom stereocenters. The van der Waals surface area contributed by atoms with Gasteiger partial charge in [-0.2, -0.15) is 0 Å². The molecule has 1 aliphatic carbocycles. The Balaban J connectivity index is 2.73. The summed E-state index contributed by atoms with van der Waals surface area (Å²) in [5, 5.41) is 31.8. The van der Waals surface area contributed by atoms with Crippen LogP contribution >= 0.6 is 23.5 Å². The molecule has 65 heavy (non-hydrogen) atoms. The number of ether oxygens (including phenoxy) is 2. The summed E-state index contributed by atoms with van der Waals surface area (Å²) in [6.07, 6.45) is 13.4. The fourth-order valence-corrected chi connectivity index (χ4v) is 9.77. The first kappa shape index (κ1) is 62.1. The topological polar surface area (TPSA) is 329 Å². The van der Waals surface area contributed by atoms with Crippen molar-refractivity contribution in [2.75, 3.05) is 19.8 Å². The smallest absolute Gasteiger partial charge is 0.462 e. The van der Waals surface area contributed by atoms with E-state index < -0.39 is 91.3 Å². The fraction of sp³-hybridized carbons (Fsp3) is 0.952. The normalized spacial score (nSPS) is 21.8. The molecule has 0 aromatic carbocycles. The molecule has 0 radical (unpaired) electrons. The van der Waals surface area contributed by atoms with Crippen LogP contribution in [0.15, 0.2) is 0 Å². The van der Waals surface area contributed by atoms with Gasteiger partial charge in [0.2, 0.25) is 0 Å². The maximum atomic E-state index is 13.1. The second-order valence-corrected chi connectivity index (χ2v) is 21.0. The largest absolute Gasteiger partial charge is 0.472 e. The van der Waals surface area contributed by atoms with E-state index in [-0.39, 0.29) is 12.8 Å². The summed E-state index contributed by atoms with van der Waals surface area (Å²) in [7, 11) is -16.6. The van der Waals surface area contributed by atoms with E-state index >= 15 is 0 Å². The SMILES string of the molecule is CCCCCCCCCCCCCCCC(=O)O[C@H](COC(=O)CCCCCCCCCCCCCCCCN)COP(=O)(O)OC1C(O)[C@@H](OP(=O)(O)O)C(O)[C@@H](OP(=O)(O)O)[C@H]1O. The minimum atomic E-state index is -5.55. The van der Waals surface area contributed by atoms with E-state index in [1.54, 1.807) is 0 Å². The number of carbonyl (C=O) groups is 2. The number of phosphoric acid groups is 3. The van der Waals surface area contributed by atoms with Crippen LogP contribution in [0, 0.1) is 0 Å². The molecule has 0 amide bonds. The molecule has 0 aromatic rings. The molecule has 0 heterocycles. The first-order valence-corrected chi connectivity index (χ1v) is 28.6. The first-order valence-electron chi connectivity index (χ1n) is 24.0. The van der Waals surface area contributed by atoms with Crippen molar-refractivity contribution in [3.63, 3.8) is 0 Å². The number of nitrogens with two attached hydrogens (primary N) is 1. The maximum Gasteiger partial charge on any atom is 0.472 e. The Labute approximate surface area is 386 Å². The molecule has 0 saturated heterocycles. The van der Waals surface area contributed by atoms with Gasteiger partial charge in [0.05, 0.1) is 6.61 Å². The van der Waals surface area contributed by atoms with Crippen LogP contribution in [-0.2, 0) is 50.9 Å². The standard InChI is InChI=1S/C42H84NO19P3/c1-2-3-4-5-6-7-8-11-15-18-21-24-27-30-36(45)59-34(32-57-35(44)29-26-23-20-17-14-12-9-10-13-16-19-22-25-28-31-43)33-58-65(55,56)62-42-38(47)40(60-63(49,50)51)37(46)41(39(42)48)61-64(52,53)54/h34,37-42,46-48H,2-33,43H2,1H3,(H,55,56)(H2,49,50,51)(H2,52,53,54)/t34-,37?,38-,39?,40-,41+,42?/m1/s1. The van der Waals surface area contributed by atoms with E-state index in [2.05, 4.69) is 16.0 Å². The minimum Gasteiger partial charge on any atom is -0.462 e. The van der Waals surface area contributed by atoms with Crippen LogP contribution in [0.25, 0.3) is 0 Å². The summed E-state index contributed by atoms with van der Waals surface area (Å²) >= 11 is 0. The monoisotopic (exact) mass is 999 g/mol. The number of carbonyl (C=O) groups excluding carboxylic acids is 2. The molecule has 1 saturated carbocycles. The lowest BCUT2D eigenvalue weighted by Gasteiger charge is -2.44. The molecule has 1 rings (SSSR count). The lowest BCUT2D eigenvalue weighted by Crippen LogP contribution is -2.65. The van der Waals surface area contributed by atoms with Crippen molar-refractivity contribution in [3.05, 3.63) is 0 Å². The summed E-state index contributed by atoms with van der Waals surface area (Å²) in [5.41, 5.74) is 5.54. The quantitative estimate of drug-likeness (QED) is 0.0165. The second-order valence-electron chi connectivity index (χ2n) is 17.2. The van der Waals surface area contributed by atoms with Crippen molar-refractivity contribution in [2.24, 2.45) is 5.73 Å². The Bertz CT molecular complexity index is 1350. The van der Waals surface area contributed by atoms with Crippen LogP contribution in [0.1, 0.15) is 193 Å². The van der Waals surface area contributed by atoms with Crippen LogP contribution in [-0.4, -0.2) is 114 Å². The first-order chi connectivity index (χ1) is 30.8. The molecule has 20 nitrogen and oxygen atoms in total. The molecule has 0 spiro atoms. The van der Waals surface area contributed by atoms with Crippen LogP contribution in [0.4, 0.5) is 0 Å². The number of rotatable bonds is 42. The Morgan fingerprint density at radius 2 is 0.800 bits per heavy atom. The molecule has 1 fully saturated rings. The summed E-state index contributed by atoms with van der Waals surface area (Å²) in [6, 6.07) is 0. The highest BCUT2D eigenvalue weighted by atomic mass is 31.2. The number of hydrogen-bond acceptors (Lipinski definition) is 15. The minimum absolute atomic E-state index is 0.00415. The molecule has 0 aliphatic heterocycles. The summed E-state index contributed by atoms with van der Waals surface area (Å²) in [6.45, 7) is 1.46. The van der Waals surface area contributed by atoms with Crippen molar-refractivity contribution >= 4 is 35.4 Å². The third-order valence-electron chi connectivity index (χ3n) is 11.3. The highest BCUT2D eigenvalue weighted by Gasteiger charge is 2.56. The van der Waals surface area contributed by atoms with Crippen molar-refractivity contribution < 1.29 is 90.6 Å². The highest BCUT2D eigenvalue weighted by Crippen LogP contribution is 2.51. The second kappa shape index (κ2) is 36.1. The van der Waals surface area contributed by atoms with Gasteiger partial charge >= 0.3 is 35.4 Å². The van der Waals surface area contributed by atoms with Gasteiger partial charge in [-0.25, -0.2) is 13.7 Å². The van der Waals surface area contributed by atoms with Gasteiger partial charge in [0.1, 0.15) is 43.2 Å². The number of hydrogen-bond donors (Lipinski definition) is 9. The lowest BCUT2D eigenvalue weighted by atomic mass is 9.85. The van der Waals surface area contributed by atoms with E-state index in [0.29, 0.717) is 12.8 Å². The Hall–Kier alpha value is -0.890. The summed E-state index contributed by atoms with van der Waals surface area (Å²) < 4.78 is 65.5. The molecule has 10 N–H and O–H groups in total. The fourth-order valence-electron chi connectivity index (χ4n) is 7.66. The van der Waals surface area contributed by atoms with Gasteiger partial charge in [-0.15, -0.1) is 0 Å². The zero-order chi connectivity index (χ0) is 48.6. The molecule has 23 heteroatoms. The zero-order valence-corrected chi connectivity index (χ0v) is 41.3. The van der Waals surface area contributed by atoms with Crippen LogP contribution in [0.5, 0.6) is 0 Å². The van der Waals surface area contributed by atoms with E-state index in [0.717, 1.165) is 70.8 Å².